The van der Waals surface area contributed by atoms with Gasteiger partial charge in [0.15, 0.2) is 0 Å². The van der Waals surface area contributed by atoms with E-state index in [4.69, 9.17) is 16.3 Å². The molecule has 0 aliphatic carbocycles. The van der Waals surface area contributed by atoms with Crippen molar-refractivity contribution in [2.45, 2.75) is 26.7 Å². The number of rotatable bonds is 3. The van der Waals surface area contributed by atoms with Gasteiger partial charge in [-0.1, -0.05) is 42.3 Å². The molecule has 2 heterocycles. The summed E-state index contributed by atoms with van der Waals surface area (Å²) < 4.78 is 6.72. The van der Waals surface area contributed by atoms with Crippen LogP contribution >= 0.6 is 11.6 Å². The second-order valence-electron chi connectivity index (χ2n) is 6.64. The SMILES string of the molecule is CCC(=O)Oc1nn(-c2ccc(C)cc2)c(=O)c2c1Nc1cc(Cl)ccc1C2. The van der Waals surface area contributed by atoms with Gasteiger partial charge in [0.2, 0.25) is 0 Å². The van der Waals surface area contributed by atoms with E-state index in [9.17, 15) is 9.59 Å². The van der Waals surface area contributed by atoms with Crippen LogP contribution in [-0.2, 0) is 11.2 Å². The third-order valence-corrected chi connectivity index (χ3v) is 4.87. The second kappa shape index (κ2) is 7.13. The Bertz CT molecular complexity index is 1140. The van der Waals surface area contributed by atoms with Gasteiger partial charge in [0, 0.05) is 23.6 Å². The predicted octanol–water partition coefficient (Wildman–Crippen LogP) is 4.16. The number of fused-ring (bicyclic) bond motifs is 2. The van der Waals surface area contributed by atoms with E-state index in [1.165, 1.54) is 4.68 Å². The van der Waals surface area contributed by atoms with Crippen LogP contribution in [0.5, 0.6) is 5.88 Å². The van der Waals surface area contributed by atoms with Crippen molar-refractivity contribution in [2.24, 2.45) is 0 Å². The van der Waals surface area contributed by atoms with Gasteiger partial charge in [0.25, 0.3) is 11.4 Å². The molecule has 0 spiro atoms. The summed E-state index contributed by atoms with van der Waals surface area (Å²) >= 11 is 6.09. The van der Waals surface area contributed by atoms with Crippen LogP contribution in [-0.4, -0.2) is 15.7 Å². The summed E-state index contributed by atoms with van der Waals surface area (Å²) in [5.41, 5.74) is 4.01. The highest BCUT2D eigenvalue weighted by atomic mass is 35.5. The van der Waals surface area contributed by atoms with Gasteiger partial charge in [-0.15, -0.1) is 5.10 Å². The molecular formula is C21H18ClN3O3. The molecule has 0 atom stereocenters. The van der Waals surface area contributed by atoms with E-state index < -0.39 is 5.97 Å². The van der Waals surface area contributed by atoms with Gasteiger partial charge in [-0.2, -0.15) is 4.68 Å². The molecule has 0 unspecified atom stereocenters. The number of aryl methyl sites for hydroxylation is 1. The minimum atomic E-state index is -0.428. The number of benzene rings is 2. The summed E-state index contributed by atoms with van der Waals surface area (Å²) in [6.07, 6.45) is 0.585. The lowest BCUT2D eigenvalue weighted by atomic mass is 9.99. The molecule has 1 aliphatic rings. The average molecular weight is 396 g/mol. The fraction of sp³-hybridized carbons (Fsp3) is 0.190. The topological polar surface area (TPSA) is 73.2 Å². The van der Waals surface area contributed by atoms with Crippen molar-refractivity contribution in [3.63, 3.8) is 0 Å². The third kappa shape index (κ3) is 3.27. The Morgan fingerprint density at radius 2 is 2.00 bits per heavy atom. The zero-order valence-corrected chi connectivity index (χ0v) is 16.2. The highest BCUT2D eigenvalue weighted by Crippen LogP contribution is 2.37. The second-order valence-corrected chi connectivity index (χ2v) is 7.08. The number of nitrogens with zero attached hydrogens (tertiary/aromatic N) is 2. The maximum absolute atomic E-state index is 13.2. The Morgan fingerprint density at radius 1 is 1.25 bits per heavy atom. The molecule has 0 saturated heterocycles. The Kier molecular flexibility index (Phi) is 4.65. The number of carbonyl (C=O) groups excluding carboxylic acids is 1. The van der Waals surface area contributed by atoms with Gasteiger partial charge < -0.3 is 10.1 Å². The van der Waals surface area contributed by atoms with Gasteiger partial charge in [0.1, 0.15) is 5.69 Å². The minimum Gasteiger partial charge on any atom is -0.404 e. The largest absolute Gasteiger partial charge is 0.404 e. The van der Waals surface area contributed by atoms with Crippen LogP contribution < -0.4 is 15.6 Å². The van der Waals surface area contributed by atoms with E-state index in [-0.39, 0.29) is 17.9 Å². The molecule has 1 aromatic heterocycles. The fourth-order valence-electron chi connectivity index (χ4n) is 3.10. The van der Waals surface area contributed by atoms with Crippen molar-refractivity contribution >= 4 is 28.9 Å². The van der Waals surface area contributed by atoms with Gasteiger partial charge in [-0.05, 0) is 36.8 Å². The van der Waals surface area contributed by atoms with E-state index in [0.29, 0.717) is 28.4 Å². The molecule has 0 saturated carbocycles. The monoisotopic (exact) mass is 395 g/mol. The summed E-state index contributed by atoms with van der Waals surface area (Å²) in [6, 6.07) is 12.9. The molecule has 1 N–H and O–H groups in total. The molecule has 28 heavy (non-hydrogen) atoms. The molecule has 142 valence electrons. The highest BCUT2D eigenvalue weighted by Gasteiger charge is 2.26. The summed E-state index contributed by atoms with van der Waals surface area (Å²) in [6.45, 7) is 3.67. The molecule has 0 bridgehead atoms. The Morgan fingerprint density at radius 3 is 2.71 bits per heavy atom. The first-order chi connectivity index (χ1) is 13.5. The van der Waals surface area contributed by atoms with Crippen LogP contribution in [0, 0.1) is 6.92 Å². The van der Waals surface area contributed by atoms with Crippen LogP contribution in [0.2, 0.25) is 5.02 Å². The number of aromatic nitrogens is 2. The van der Waals surface area contributed by atoms with Crippen molar-refractivity contribution in [3.8, 4) is 11.6 Å². The molecule has 0 radical (unpaired) electrons. The van der Waals surface area contributed by atoms with E-state index in [0.717, 1.165) is 16.8 Å². The first-order valence-electron chi connectivity index (χ1n) is 8.95. The Balaban J connectivity index is 1.90. The molecule has 7 heteroatoms. The van der Waals surface area contributed by atoms with Crippen LogP contribution in [0.15, 0.2) is 47.3 Å². The molecule has 2 aromatic carbocycles. The highest BCUT2D eigenvalue weighted by molar-refractivity contribution is 6.30. The van der Waals surface area contributed by atoms with Crippen LogP contribution in [0.3, 0.4) is 0 Å². The Labute approximate surface area is 166 Å². The van der Waals surface area contributed by atoms with Crippen molar-refractivity contribution < 1.29 is 9.53 Å². The molecule has 4 rings (SSSR count). The quantitative estimate of drug-likeness (QED) is 0.527. The normalized spacial score (nSPS) is 12.0. The first-order valence-corrected chi connectivity index (χ1v) is 9.33. The van der Waals surface area contributed by atoms with Crippen LogP contribution in [0.1, 0.15) is 30.0 Å². The molecule has 0 fully saturated rings. The number of nitrogens with one attached hydrogen (secondary N) is 1. The van der Waals surface area contributed by atoms with Gasteiger partial charge in [-0.3, -0.25) is 9.59 Å². The standard InChI is InChI=1S/C21H18ClN3O3/c1-3-18(26)28-20-19-16(10-13-6-7-14(22)11-17(13)23-19)21(27)25(24-20)15-8-4-12(2)5-9-15/h4-9,11,23H,3,10H2,1-2H3. The molecule has 6 nitrogen and oxygen atoms in total. The van der Waals surface area contributed by atoms with Gasteiger partial charge in [-0.25, -0.2) is 0 Å². The third-order valence-electron chi connectivity index (χ3n) is 4.63. The number of esters is 1. The van der Waals surface area contributed by atoms with E-state index >= 15 is 0 Å². The summed E-state index contributed by atoms with van der Waals surface area (Å²) in [7, 11) is 0. The minimum absolute atomic E-state index is 0.0765. The smallest absolute Gasteiger partial charge is 0.312 e. The lowest BCUT2D eigenvalue weighted by Gasteiger charge is -2.23. The van der Waals surface area contributed by atoms with Gasteiger partial charge >= 0.3 is 5.97 Å². The molecule has 1 aliphatic heterocycles. The fourth-order valence-corrected chi connectivity index (χ4v) is 3.27. The number of hydrogen-bond donors (Lipinski definition) is 1. The average Bonchev–Trinajstić information content (AvgIpc) is 2.69. The van der Waals surface area contributed by atoms with Crippen molar-refractivity contribution in [1.29, 1.82) is 0 Å². The number of ether oxygens (including phenoxy) is 1. The molecular weight excluding hydrogens is 378 g/mol. The number of carbonyl (C=O) groups is 1. The molecule has 3 aromatic rings. The summed E-state index contributed by atoms with van der Waals surface area (Å²) in [4.78, 5) is 25.1. The lowest BCUT2D eigenvalue weighted by molar-refractivity contribution is -0.134. The van der Waals surface area contributed by atoms with Crippen LogP contribution in [0.4, 0.5) is 11.4 Å². The maximum atomic E-state index is 13.2. The number of anilines is 2. The summed E-state index contributed by atoms with van der Waals surface area (Å²) in [5, 5.41) is 8.08. The lowest BCUT2D eigenvalue weighted by Crippen LogP contribution is -2.29. The van der Waals surface area contributed by atoms with E-state index in [2.05, 4.69) is 10.4 Å². The zero-order chi connectivity index (χ0) is 19.8. The maximum Gasteiger partial charge on any atom is 0.312 e. The van der Waals surface area contributed by atoms with E-state index in [1.807, 2.05) is 37.3 Å². The molecule has 0 amide bonds. The van der Waals surface area contributed by atoms with Gasteiger partial charge in [0.05, 0.1) is 11.3 Å². The number of hydrogen-bond acceptors (Lipinski definition) is 5. The van der Waals surface area contributed by atoms with Crippen molar-refractivity contribution in [1.82, 2.24) is 9.78 Å². The zero-order valence-electron chi connectivity index (χ0n) is 15.5. The van der Waals surface area contributed by atoms with Crippen molar-refractivity contribution in [2.75, 3.05) is 5.32 Å². The van der Waals surface area contributed by atoms with Crippen molar-refractivity contribution in [3.05, 3.63) is 74.5 Å². The van der Waals surface area contributed by atoms with Crippen LogP contribution in [0.25, 0.3) is 5.69 Å². The predicted molar refractivity (Wildman–Crippen MR) is 108 cm³/mol. The number of halogens is 1. The Hall–Kier alpha value is -3.12. The summed E-state index contributed by atoms with van der Waals surface area (Å²) in [5.74, 6) is -0.352. The first kappa shape index (κ1) is 18.3. The van der Waals surface area contributed by atoms with E-state index in [1.54, 1.807) is 19.1 Å².